The second-order valence-corrected chi connectivity index (χ2v) is 6.47. The molecule has 0 aliphatic heterocycles. The molecule has 3 rings (SSSR count). The molecule has 0 unspecified atom stereocenters. The highest BCUT2D eigenvalue weighted by Gasteiger charge is 2.17. The molecule has 0 amide bonds. The van der Waals surface area contributed by atoms with Crippen molar-refractivity contribution < 1.29 is 8.83 Å². The third kappa shape index (κ3) is 2.70. The molecule has 0 fully saturated rings. The smallest absolute Gasteiger partial charge is 0.284 e. The first kappa shape index (κ1) is 14.5. The van der Waals surface area contributed by atoms with Crippen molar-refractivity contribution >= 4 is 31.9 Å². The molecule has 3 aromatic rings. The van der Waals surface area contributed by atoms with Gasteiger partial charge < -0.3 is 8.83 Å². The third-order valence-electron chi connectivity index (χ3n) is 3.35. The molecule has 21 heavy (non-hydrogen) atoms. The van der Waals surface area contributed by atoms with E-state index >= 15 is 0 Å². The Morgan fingerprint density at radius 2 is 1.48 bits per heavy atom. The van der Waals surface area contributed by atoms with E-state index in [9.17, 15) is 0 Å². The van der Waals surface area contributed by atoms with Crippen LogP contribution < -0.4 is 0 Å². The summed E-state index contributed by atoms with van der Waals surface area (Å²) in [6.07, 6.45) is 0. The van der Waals surface area contributed by atoms with Crippen LogP contribution in [0, 0.1) is 20.8 Å². The number of furan rings is 1. The summed E-state index contributed by atoms with van der Waals surface area (Å²) in [5, 5.41) is 8.18. The average Bonchev–Trinajstić information content (AvgIpc) is 3.02. The van der Waals surface area contributed by atoms with Crippen LogP contribution in [0.2, 0.25) is 0 Å². The lowest BCUT2D eigenvalue weighted by Crippen LogP contribution is -1.88. The maximum absolute atomic E-state index is 5.74. The molecular formula is C15H12Br2N2O2. The number of aromatic nitrogens is 2. The van der Waals surface area contributed by atoms with Crippen LogP contribution in [0.15, 0.2) is 36.2 Å². The van der Waals surface area contributed by atoms with Crippen LogP contribution in [0.25, 0.3) is 23.1 Å². The van der Waals surface area contributed by atoms with Crippen molar-refractivity contribution in [2.24, 2.45) is 0 Å². The zero-order valence-corrected chi connectivity index (χ0v) is 14.9. The molecule has 0 radical (unpaired) electrons. The van der Waals surface area contributed by atoms with E-state index in [2.05, 4.69) is 68.0 Å². The first-order chi connectivity index (χ1) is 9.95. The maximum Gasteiger partial charge on any atom is 0.284 e. The molecule has 108 valence electrons. The molecule has 0 N–H and O–H groups in total. The Morgan fingerprint density at radius 1 is 0.810 bits per heavy atom. The predicted octanol–water partition coefficient (Wildman–Crippen LogP) is 5.45. The van der Waals surface area contributed by atoms with Crippen molar-refractivity contribution in [1.29, 1.82) is 0 Å². The van der Waals surface area contributed by atoms with E-state index in [0.29, 0.717) is 22.2 Å². The predicted molar refractivity (Wildman–Crippen MR) is 87.0 cm³/mol. The second kappa shape index (κ2) is 5.42. The molecule has 0 aliphatic rings. The summed E-state index contributed by atoms with van der Waals surface area (Å²) in [5.41, 5.74) is 4.49. The fourth-order valence-corrected chi connectivity index (χ4v) is 2.65. The van der Waals surface area contributed by atoms with Crippen molar-refractivity contribution in [3.05, 3.63) is 44.0 Å². The number of aryl methyl sites for hydroxylation is 3. The molecular weight excluding hydrogens is 400 g/mol. The van der Waals surface area contributed by atoms with E-state index in [-0.39, 0.29) is 0 Å². The quantitative estimate of drug-likeness (QED) is 0.562. The summed E-state index contributed by atoms with van der Waals surface area (Å²) >= 11 is 6.65. The van der Waals surface area contributed by atoms with Gasteiger partial charge in [-0.1, -0.05) is 6.07 Å². The molecule has 0 bridgehead atoms. The van der Waals surface area contributed by atoms with Crippen LogP contribution in [0.4, 0.5) is 0 Å². The van der Waals surface area contributed by atoms with Gasteiger partial charge in [-0.3, -0.25) is 0 Å². The molecule has 2 heterocycles. The average molecular weight is 412 g/mol. The number of rotatable bonds is 2. The van der Waals surface area contributed by atoms with E-state index in [1.54, 1.807) is 6.07 Å². The number of benzene rings is 1. The first-order valence-corrected chi connectivity index (χ1v) is 7.91. The molecule has 6 heteroatoms. The van der Waals surface area contributed by atoms with Crippen molar-refractivity contribution in [2.45, 2.75) is 20.8 Å². The normalized spacial score (nSPS) is 11.1. The molecule has 4 nitrogen and oxygen atoms in total. The summed E-state index contributed by atoms with van der Waals surface area (Å²) < 4.78 is 12.6. The zero-order chi connectivity index (χ0) is 15.1. The van der Waals surface area contributed by atoms with E-state index in [4.69, 9.17) is 8.83 Å². The molecule has 0 saturated carbocycles. The van der Waals surface area contributed by atoms with Crippen LogP contribution in [0.5, 0.6) is 0 Å². The minimum Gasteiger partial charge on any atom is -0.443 e. The van der Waals surface area contributed by atoms with Gasteiger partial charge in [-0.25, -0.2) is 0 Å². The monoisotopic (exact) mass is 410 g/mol. The summed E-state index contributed by atoms with van der Waals surface area (Å²) in [6, 6.07) is 5.97. The topological polar surface area (TPSA) is 52.1 Å². The van der Waals surface area contributed by atoms with Crippen molar-refractivity contribution in [1.82, 2.24) is 10.2 Å². The summed E-state index contributed by atoms with van der Waals surface area (Å²) in [4.78, 5) is 0. The summed E-state index contributed by atoms with van der Waals surface area (Å²) in [7, 11) is 0. The standard InChI is InChI=1S/C15H12Br2N2O2/c1-7-4-9(3)10(5-8(7)2)14-18-19-15(21-14)12-6-11(16)13(17)20-12/h4-6H,1-3H3. The van der Waals surface area contributed by atoms with Gasteiger partial charge in [-0.05, 0) is 75.4 Å². The first-order valence-electron chi connectivity index (χ1n) is 6.32. The van der Waals surface area contributed by atoms with Crippen molar-refractivity contribution in [3.63, 3.8) is 0 Å². The number of hydrogen-bond donors (Lipinski definition) is 0. The SMILES string of the molecule is Cc1cc(C)c(-c2nnc(-c3cc(Br)c(Br)o3)o2)cc1C. The van der Waals surface area contributed by atoms with Gasteiger partial charge in [0.15, 0.2) is 10.4 Å². The van der Waals surface area contributed by atoms with E-state index in [1.807, 2.05) is 6.92 Å². The van der Waals surface area contributed by atoms with Gasteiger partial charge in [0.2, 0.25) is 5.89 Å². The van der Waals surface area contributed by atoms with Gasteiger partial charge in [0.25, 0.3) is 5.89 Å². The number of halogens is 2. The highest BCUT2D eigenvalue weighted by molar-refractivity contribution is 9.13. The molecule has 0 atom stereocenters. The Labute approximate surface area is 138 Å². The van der Waals surface area contributed by atoms with Crippen molar-refractivity contribution in [3.8, 4) is 23.1 Å². The second-order valence-electron chi connectivity index (χ2n) is 4.90. The van der Waals surface area contributed by atoms with Gasteiger partial charge in [0.05, 0.1) is 4.47 Å². The number of hydrogen-bond acceptors (Lipinski definition) is 4. The van der Waals surface area contributed by atoms with Crippen LogP contribution >= 0.6 is 31.9 Å². The van der Waals surface area contributed by atoms with Gasteiger partial charge in [0, 0.05) is 11.6 Å². The van der Waals surface area contributed by atoms with Gasteiger partial charge >= 0.3 is 0 Å². The fraction of sp³-hybridized carbons (Fsp3) is 0.200. The van der Waals surface area contributed by atoms with Gasteiger partial charge in [-0.15, -0.1) is 10.2 Å². The van der Waals surface area contributed by atoms with Crippen LogP contribution in [-0.2, 0) is 0 Å². The molecule has 1 aromatic carbocycles. The van der Waals surface area contributed by atoms with Crippen LogP contribution in [0.3, 0.4) is 0 Å². The Morgan fingerprint density at radius 3 is 2.14 bits per heavy atom. The third-order valence-corrected chi connectivity index (χ3v) is 5.06. The number of nitrogens with zero attached hydrogens (tertiary/aromatic N) is 2. The Balaban J connectivity index is 2.04. The molecule has 0 spiro atoms. The van der Waals surface area contributed by atoms with Gasteiger partial charge in [0.1, 0.15) is 0 Å². The maximum atomic E-state index is 5.74. The molecule has 0 saturated heterocycles. The van der Waals surface area contributed by atoms with E-state index in [1.165, 1.54) is 11.1 Å². The summed E-state index contributed by atoms with van der Waals surface area (Å²) in [6.45, 7) is 6.19. The largest absolute Gasteiger partial charge is 0.443 e. The molecule has 2 aromatic heterocycles. The minimum atomic E-state index is 0.356. The van der Waals surface area contributed by atoms with E-state index < -0.39 is 0 Å². The lowest BCUT2D eigenvalue weighted by atomic mass is 10.0. The van der Waals surface area contributed by atoms with Crippen LogP contribution in [-0.4, -0.2) is 10.2 Å². The lowest BCUT2D eigenvalue weighted by molar-refractivity contribution is 0.508. The lowest BCUT2D eigenvalue weighted by Gasteiger charge is -2.05. The highest BCUT2D eigenvalue weighted by Crippen LogP contribution is 2.34. The fourth-order valence-electron chi connectivity index (χ4n) is 2.07. The van der Waals surface area contributed by atoms with Gasteiger partial charge in [-0.2, -0.15) is 0 Å². The Hall–Kier alpha value is -1.40. The highest BCUT2D eigenvalue weighted by atomic mass is 79.9. The zero-order valence-electron chi connectivity index (χ0n) is 11.7. The minimum absolute atomic E-state index is 0.356. The summed E-state index contributed by atoms with van der Waals surface area (Å²) in [5.74, 6) is 1.37. The Kier molecular flexibility index (Phi) is 3.75. The molecule has 0 aliphatic carbocycles. The van der Waals surface area contributed by atoms with Crippen LogP contribution in [0.1, 0.15) is 16.7 Å². The Bertz CT molecular complexity index is 802. The van der Waals surface area contributed by atoms with E-state index in [0.717, 1.165) is 15.6 Å². The van der Waals surface area contributed by atoms with Crippen molar-refractivity contribution in [2.75, 3.05) is 0 Å².